The number of carbonyl (C=O) groups is 3. The lowest BCUT2D eigenvalue weighted by Crippen LogP contribution is -2.51. The maximum absolute atomic E-state index is 12.0. The van der Waals surface area contributed by atoms with Crippen molar-refractivity contribution in [3.8, 4) is 0 Å². The standard InChI is InChI=1S/C13H23N3O4/c1-4-14-13(19)15-12(18)9(3)16(10-6-7-10)8-11(17)20-5-2/h9-10H,4-8H2,1-3H3,(H2,14,15,18,19). The molecule has 2 N–H and O–H groups in total. The van der Waals surface area contributed by atoms with Crippen LogP contribution in [-0.2, 0) is 14.3 Å². The zero-order valence-corrected chi connectivity index (χ0v) is 12.3. The van der Waals surface area contributed by atoms with Gasteiger partial charge in [0.05, 0.1) is 19.2 Å². The summed E-state index contributed by atoms with van der Waals surface area (Å²) in [6.45, 7) is 6.03. The monoisotopic (exact) mass is 285 g/mol. The van der Waals surface area contributed by atoms with Crippen molar-refractivity contribution in [2.45, 2.75) is 45.7 Å². The summed E-state index contributed by atoms with van der Waals surface area (Å²) in [5.74, 6) is -0.760. The van der Waals surface area contributed by atoms with Crippen molar-refractivity contribution < 1.29 is 19.1 Å². The number of hydrogen-bond donors (Lipinski definition) is 2. The number of nitrogens with one attached hydrogen (secondary N) is 2. The van der Waals surface area contributed by atoms with E-state index in [4.69, 9.17) is 4.74 Å². The number of nitrogens with zero attached hydrogens (tertiary/aromatic N) is 1. The molecule has 1 fully saturated rings. The first-order chi connectivity index (χ1) is 9.49. The molecule has 0 aromatic rings. The van der Waals surface area contributed by atoms with Crippen molar-refractivity contribution in [3.05, 3.63) is 0 Å². The molecule has 1 rings (SSSR count). The Hall–Kier alpha value is -1.63. The number of rotatable bonds is 7. The third-order valence-corrected chi connectivity index (χ3v) is 3.08. The molecule has 0 aromatic carbocycles. The van der Waals surface area contributed by atoms with Gasteiger partial charge < -0.3 is 10.1 Å². The van der Waals surface area contributed by atoms with E-state index >= 15 is 0 Å². The molecule has 1 aliphatic rings. The number of esters is 1. The summed E-state index contributed by atoms with van der Waals surface area (Å²) in [7, 11) is 0. The number of ether oxygens (including phenoxy) is 1. The SMILES string of the molecule is CCNC(=O)NC(=O)C(C)N(CC(=O)OCC)C1CC1. The highest BCUT2D eigenvalue weighted by Gasteiger charge is 2.36. The summed E-state index contributed by atoms with van der Waals surface area (Å²) in [4.78, 5) is 36.7. The quantitative estimate of drug-likeness (QED) is 0.655. The lowest BCUT2D eigenvalue weighted by Gasteiger charge is -2.26. The van der Waals surface area contributed by atoms with E-state index in [0.29, 0.717) is 13.2 Å². The van der Waals surface area contributed by atoms with Crippen LogP contribution in [0.25, 0.3) is 0 Å². The minimum Gasteiger partial charge on any atom is -0.465 e. The van der Waals surface area contributed by atoms with Crippen molar-refractivity contribution in [1.82, 2.24) is 15.5 Å². The van der Waals surface area contributed by atoms with Gasteiger partial charge in [0.2, 0.25) is 5.91 Å². The van der Waals surface area contributed by atoms with E-state index in [1.54, 1.807) is 25.7 Å². The Kier molecular flexibility index (Phi) is 6.44. The molecule has 7 heteroatoms. The second-order valence-electron chi connectivity index (χ2n) is 4.73. The summed E-state index contributed by atoms with van der Waals surface area (Å²) in [6, 6.07) is -0.847. The van der Waals surface area contributed by atoms with Crippen molar-refractivity contribution in [2.75, 3.05) is 19.7 Å². The minimum absolute atomic E-state index is 0.0719. The van der Waals surface area contributed by atoms with Crippen molar-refractivity contribution >= 4 is 17.9 Å². The lowest BCUT2D eigenvalue weighted by atomic mass is 10.2. The van der Waals surface area contributed by atoms with Crippen LogP contribution in [0.2, 0.25) is 0 Å². The normalized spacial score (nSPS) is 15.6. The van der Waals surface area contributed by atoms with E-state index in [-0.39, 0.29) is 18.6 Å². The number of hydrogen-bond acceptors (Lipinski definition) is 5. The van der Waals surface area contributed by atoms with Crippen molar-refractivity contribution in [1.29, 1.82) is 0 Å². The maximum atomic E-state index is 12.0. The largest absolute Gasteiger partial charge is 0.465 e. The van der Waals surface area contributed by atoms with Gasteiger partial charge in [0.1, 0.15) is 0 Å². The molecule has 3 amide bonds. The Bertz CT molecular complexity index is 369. The second-order valence-corrected chi connectivity index (χ2v) is 4.73. The third-order valence-electron chi connectivity index (χ3n) is 3.08. The molecule has 1 saturated carbocycles. The Morgan fingerprint density at radius 3 is 2.45 bits per heavy atom. The molecule has 0 radical (unpaired) electrons. The van der Waals surface area contributed by atoms with Crippen molar-refractivity contribution in [3.63, 3.8) is 0 Å². The van der Waals surface area contributed by atoms with E-state index in [9.17, 15) is 14.4 Å². The van der Waals surface area contributed by atoms with Gasteiger partial charge in [-0.05, 0) is 33.6 Å². The Morgan fingerprint density at radius 2 is 1.95 bits per heavy atom. The molecular weight excluding hydrogens is 262 g/mol. The Balaban J connectivity index is 2.55. The van der Waals surface area contributed by atoms with Crippen LogP contribution < -0.4 is 10.6 Å². The Morgan fingerprint density at radius 1 is 1.30 bits per heavy atom. The molecule has 1 unspecified atom stereocenters. The molecule has 1 atom stereocenters. The topological polar surface area (TPSA) is 87.7 Å². The van der Waals surface area contributed by atoms with Gasteiger partial charge in [0.15, 0.2) is 0 Å². The molecule has 114 valence electrons. The van der Waals surface area contributed by atoms with Crippen LogP contribution in [0.5, 0.6) is 0 Å². The van der Waals surface area contributed by atoms with Crippen LogP contribution in [0.3, 0.4) is 0 Å². The summed E-state index contributed by atoms with van der Waals surface area (Å²) >= 11 is 0. The molecule has 20 heavy (non-hydrogen) atoms. The number of amides is 3. The van der Waals surface area contributed by atoms with Crippen LogP contribution in [0.15, 0.2) is 0 Å². The van der Waals surface area contributed by atoms with Gasteiger partial charge in [-0.25, -0.2) is 4.79 Å². The van der Waals surface area contributed by atoms with Gasteiger partial charge in [0, 0.05) is 12.6 Å². The summed E-state index contributed by atoms with van der Waals surface area (Å²) < 4.78 is 4.91. The molecule has 1 aliphatic carbocycles. The van der Waals surface area contributed by atoms with Crippen molar-refractivity contribution in [2.24, 2.45) is 0 Å². The first-order valence-electron chi connectivity index (χ1n) is 6.99. The van der Waals surface area contributed by atoms with E-state index in [1.165, 1.54) is 0 Å². The zero-order chi connectivity index (χ0) is 15.1. The van der Waals surface area contributed by atoms with Gasteiger partial charge >= 0.3 is 12.0 Å². The Labute approximate surface area is 119 Å². The van der Waals surface area contributed by atoms with Crippen LogP contribution in [0.1, 0.15) is 33.6 Å². The molecule has 0 aromatic heterocycles. The van der Waals surface area contributed by atoms with Gasteiger partial charge in [-0.1, -0.05) is 0 Å². The van der Waals surface area contributed by atoms with E-state index in [0.717, 1.165) is 12.8 Å². The fourth-order valence-electron chi connectivity index (χ4n) is 1.92. The predicted molar refractivity (Wildman–Crippen MR) is 73.0 cm³/mol. The van der Waals surface area contributed by atoms with E-state index in [1.807, 2.05) is 0 Å². The molecule has 0 bridgehead atoms. The predicted octanol–water partition coefficient (Wildman–Crippen LogP) is 0.248. The summed E-state index contributed by atoms with van der Waals surface area (Å²) in [6.07, 6.45) is 1.91. The average Bonchev–Trinajstić information content (AvgIpc) is 3.20. The highest BCUT2D eigenvalue weighted by atomic mass is 16.5. The fourth-order valence-corrected chi connectivity index (χ4v) is 1.92. The molecule has 0 heterocycles. The van der Waals surface area contributed by atoms with Gasteiger partial charge in [-0.15, -0.1) is 0 Å². The summed E-state index contributed by atoms with van der Waals surface area (Å²) in [5, 5.41) is 4.76. The van der Waals surface area contributed by atoms with Gasteiger partial charge in [-0.2, -0.15) is 0 Å². The van der Waals surface area contributed by atoms with E-state index < -0.39 is 18.0 Å². The highest BCUT2D eigenvalue weighted by molar-refractivity contribution is 5.97. The van der Waals surface area contributed by atoms with Gasteiger partial charge in [0.25, 0.3) is 0 Å². The van der Waals surface area contributed by atoms with Crippen LogP contribution >= 0.6 is 0 Å². The van der Waals surface area contributed by atoms with Crippen LogP contribution in [0, 0.1) is 0 Å². The number of carbonyl (C=O) groups excluding carboxylic acids is 3. The van der Waals surface area contributed by atoms with Gasteiger partial charge in [-0.3, -0.25) is 19.8 Å². The average molecular weight is 285 g/mol. The van der Waals surface area contributed by atoms with Crippen LogP contribution in [-0.4, -0.2) is 54.6 Å². The first-order valence-corrected chi connectivity index (χ1v) is 6.99. The molecule has 0 saturated heterocycles. The lowest BCUT2D eigenvalue weighted by molar-refractivity contribution is -0.145. The summed E-state index contributed by atoms with van der Waals surface area (Å²) in [5.41, 5.74) is 0. The smallest absolute Gasteiger partial charge is 0.321 e. The fraction of sp³-hybridized carbons (Fsp3) is 0.769. The molecule has 0 aliphatic heterocycles. The first kappa shape index (κ1) is 16.4. The third kappa shape index (κ3) is 5.16. The molecule has 7 nitrogen and oxygen atoms in total. The minimum atomic E-state index is -0.547. The second kappa shape index (κ2) is 7.84. The molecular formula is C13H23N3O4. The maximum Gasteiger partial charge on any atom is 0.321 e. The zero-order valence-electron chi connectivity index (χ0n) is 12.3. The molecule has 0 spiro atoms. The van der Waals surface area contributed by atoms with E-state index in [2.05, 4.69) is 10.6 Å². The number of imide groups is 1. The highest BCUT2D eigenvalue weighted by Crippen LogP contribution is 2.28. The number of urea groups is 1. The van der Waals surface area contributed by atoms with Crippen LogP contribution in [0.4, 0.5) is 4.79 Å².